The van der Waals surface area contributed by atoms with Crippen LogP contribution in [0.15, 0.2) is 59.5 Å². The molecular formula is C25H18F2N2O6S. The lowest BCUT2D eigenvalue weighted by atomic mass is 9.94. The standard InChI is InChI=1S/C25H18F2N2O6S/c1-13-2-5-16(12-18(13)14-3-6-17-21(10-14)36(32,33)29-22(17)30)28-23(31)24(8-9-24)15-4-7-19-20(11-15)35-25(26,27)34-19/h2-7,10-12H,8-9H2,1H3,(H,28,31)(H,29,30). The zero-order chi connectivity index (χ0) is 25.5. The third-order valence-electron chi connectivity index (χ3n) is 6.69. The predicted molar refractivity (Wildman–Crippen MR) is 123 cm³/mol. The van der Waals surface area contributed by atoms with Crippen molar-refractivity contribution in [1.29, 1.82) is 0 Å². The predicted octanol–water partition coefficient (Wildman–Crippen LogP) is 4.09. The number of anilines is 1. The van der Waals surface area contributed by atoms with E-state index in [1.54, 1.807) is 30.3 Å². The monoisotopic (exact) mass is 512 g/mol. The van der Waals surface area contributed by atoms with E-state index in [1.165, 1.54) is 24.3 Å². The van der Waals surface area contributed by atoms with Crippen LogP contribution in [-0.4, -0.2) is 26.5 Å². The Bertz CT molecular complexity index is 1600. The van der Waals surface area contributed by atoms with Crippen molar-refractivity contribution in [1.82, 2.24) is 4.72 Å². The van der Waals surface area contributed by atoms with Gasteiger partial charge in [0, 0.05) is 5.69 Å². The number of rotatable bonds is 4. The number of nitrogens with one attached hydrogen (secondary N) is 2. The van der Waals surface area contributed by atoms with Crippen LogP contribution in [0.2, 0.25) is 0 Å². The van der Waals surface area contributed by atoms with Gasteiger partial charge in [-0.3, -0.25) is 9.59 Å². The Morgan fingerprint density at radius 1 is 0.972 bits per heavy atom. The first-order valence-corrected chi connectivity index (χ1v) is 12.5. The first-order chi connectivity index (χ1) is 17.0. The lowest BCUT2D eigenvalue weighted by molar-refractivity contribution is -0.286. The number of amides is 2. The maximum absolute atomic E-state index is 13.4. The summed E-state index contributed by atoms with van der Waals surface area (Å²) in [7, 11) is -3.92. The summed E-state index contributed by atoms with van der Waals surface area (Å²) in [5.74, 6) is -1.17. The molecule has 1 saturated carbocycles. The number of hydrogen-bond acceptors (Lipinski definition) is 6. The molecule has 2 aliphatic heterocycles. The minimum absolute atomic E-state index is 0.0815. The molecule has 6 rings (SSSR count). The fourth-order valence-corrected chi connectivity index (χ4v) is 5.81. The van der Waals surface area contributed by atoms with Crippen LogP contribution in [-0.2, 0) is 20.2 Å². The largest absolute Gasteiger partial charge is 0.586 e. The molecule has 1 aliphatic carbocycles. The van der Waals surface area contributed by atoms with Gasteiger partial charge in [0.25, 0.3) is 15.9 Å². The van der Waals surface area contributed by atoms with Crippen molar-refractivity contribution in [2.45, 2.75) is 36.4 Å². The SMILES string of the molecule is Cc1ccc(NC(=O)C2(c3ccc4c(c3)OC(F)(F)O4)CC2)cc1-c1ccc2c(c1)S(=O)(=O)NC2=O. The van der Waals surface area contributed by atoms with E-state index in [1.807, 2.05) is 11.6 Å². The number of ether oxygens (including phenoxy) is 2. The van der Waals surface area contributed by atoms with Gasteiger partial charge in [-0.2, -0.15) is 0 Å². The number of halogens is 2. The molecular weight excluding hydrogens is 494 g/mol. The van der Waals surface area contributed by atoms with Gasteiger partial charge in [-0.15, -0.1) is 8.78 Å². The second-order valence-electron chi connectivity index (χ2n) is 9.04. The molecule has 1 fully saturated rings. The van der Waals surface area contributed by atoms with E-state index in [4.69, 9.17) is 0 Å². The van der Waals surface area contributed by atoms with Gasteiger partial charge in [0.15, 0.2) is 11.5 Å². The normalized spacial score (nSPS) is 19.4. The third kappa shape index (κ3) is 3.49. The minimum atomic E-state index is -3.92. The van der Waals surface area contributed by atoms with Gasteiger partial charge in [0.2, 0.25) is 5.91 Å². The average molecular weight is 512 g/mol. The lowest BCUT2D eigenvalue weighted by Gasteiger charge is -2.17. The molecule has 36 heavy (non-hydrogen) atoms. The summed E-state index contributed by atoms with van der Waals surface area (Å²) in [4.78, 5) is 25.1. The Morgan fingerprint density at radius 2 is 1.72 bits per heavy atom. The van der Waals surface area contributed by atoms with Crippen LogP contribution < -0.4 is 19.5 Å². The van der Waals surface area contributed by atoms with E-state index in [0.29, 0.717) is 35.2 Å². The van der Waals surface area contributed by atoms with E-state index < -0.39 is 27.6 Å². The summed E-state index contributed by atoms with van der Waals surface area (Å²) in [5.41, 5.74) is 2.32. The van der Waals surface area contributed by atoms with Crippen molar-refractivity contribution in [3.8, 4) is 22.6 Å². The molecule has 2 N–H and O–H groups in total. The summed E-state index contributed by atoms with van der Waals surface area (Å²) in [6, 6.07) is 14.1. The highest BCUT2D eigenvalue weighted by Gasteiger charge is 2.52. The third-order valence-corrected chi connectivity index (χ3v) is 8.06. The van der Waals surface area contributed by atoms with Gasteiger partial charge in [-0.25, -0.2) is 13.1 Å². The first-order valence-electron chi connectivity index (χ1n) is 11.0. The van der Waals surface area contributed by atoms with Gasteiger partial charge >= 0.3 is 6.29 Å². The van der Waals surface area contributed by atoms with Crippen molar-refractivity contribution < 1.29 is 36.3 Å². The molecule has 0 atom stereocenters. The molecule has 0 unspecified atom stereocenters. The number of benzene rings is 3. The second kappa shape index (κ2) is 7.26. The molecule has 3 aliphatic rings. The number of hydrogen-bond donors (Lipinski definition) is 2. The van der Waals surface area contributed by atoms with Crippen molar-refractivity contribution in [3.05, 3.63) is 71.3 Å². The maximum Gasteiger partial charge on any atom is 0.586 e. The molecule has 8 nitrogen and oxygen atoms in total. The summed E-state index contributed by atoms with van der Waals surface area (Å²) in [5, 5.41) is 2.90. The molecule has 0 radical (unpaired) electrons. The molecule has 0 aromatic heterocycles. The Balaban J connectivity index is 1.29. The van der Waals surface area contributed by atoms with Crippen molar-refractivity contribution in [2.75, 3.05) is 5.32 Å². The number of carbonyl (C=O) groups excluding carboxylic acids is 2. The summed E-state index contributed by atoms with van der Waals surface area (Å²) < 4.78 is 62.2. The summed E-state index contributed by atoms with van der Waals surface area (Å²) >= 11 is 0. The van der Waals surface area contributed by atoms with E-state index in [-0.39, 0.29) is 27.9 Å². The molecule has 0 spiro atoms. The van der Waals surface area contributed by atoms with Crippen molar-refractivity contribution in [3.63, 3.8) is 0 Å². The van der Waals surface area contributed by atoms with Crippen LogP contribution in [0.4, 0.5) is 14.5 Å². The van der Waals surface area contributed by atoms with Gasteiger partial charge in [-0.1, -0.05) is 18.2 Å². The molecule has 0 bridgehead atoms. The van der Waals surface area contributed by atoms with Gasteiger partial charge in [0.1, 0.15) is 4.90 Å². The van der Waals surface area contributed by atoms with Crippen LogP contribution in [0.25, 0.3) is 11.1 Å². The number of aryl methyl sites for hydroxylation is 1. The van der Waals surface area contributed by atoms with Crippen LogP contribution in [0.1, 0.15) is 34.3 Å². The van der Waals surface area contributed by atoms with Crippen LogP contribution in [0.3, 0.4) is 0 Å². The Hall–Kier alpha value is -3.99. The number of sulfonamides is 1. The number of carbonyl (C=O) groups is 2. The van der Waals surface area contributed by atoms with Crippen LogP contribution in [0.5, 0.6) is 11.5 Å². The van der Waals surface area contributed by atoms with Crippen molar-refractivity contribution >= 4 is 27.5 Å². The molecule has 3 aromatic rings. The zero-order valence-electron chi connectivity index (χ0n) is 18.7. The Labute approximate surface area is 204 Å². The average Bonchev–Trinajstić information content (AvgIpc) is 3.51. The molecule has 2 heterocycles. The fraction of sp³-hybridized carbons (Fsp3) is 0.200. The summed E-state index contributed by atoms with van der Waals surface area (Å²) in [6.07, 6.45) is -2.66. The first kappa shape index (κ1) is 22.5. The number of fused-ring (bicyclic) bond motifs is 2. The van der Waals surface area contributed by atoms with E-state index >= 15 is 0 Å². The quantitative estimate of drug-likeness (QED) is 0.545. The smallest absolute Gasteiger partial charge is 0.395 e. The van der Waals surface area contributed by atoms with E-state index in [2.05, 4.69) is 14.8 Å². The fourth-order valence-electron chi connectivity index (χ4n) is 4.61. The topological polar surface area (TPSA) is 111 Å². The highest BCUT2D eigenvalue weighted by Crippen LogP contribution is 2.52. The van der Waals surface area contributed by atoms with E-state index in [9.17, 15) is 26.8 Å². The van der Waals surface area contributed by atoms with Gasteiger partial charge < -0.3 is 14.8 Å². The molecule has 2 amide bonds. The Kier molecular flexibility index (Phi) is 4.53. The van der Waals surface area contributed by atoms with Gasteiger partial charge in [0.05, 0.1) is 11.0 Å². The van der Waals surface area contributed by atoms with Crippen LogP contribution in [0, 0.1) is 6.92 Å². The minimum Gasteiger partial charge on any atom is -0.395 e. The molecule has 184 valence electrons. The van der Waals surface area contributed by atoms with Crippen LogP contribution >= 0.6 is 0 Å². The second-order valence-corrected chi connectivity index (χ2v) is 10.7. The maximum atomic E-state index is 13.4. The zero-order valence-corrected chi connectivity index (χ0v) is 19.5. The molecule has 11 heteroatoms. The highest BCUT2D eigenvalue weighted by atomic mass is 32.2. The highest BCUT2D eigenvalue weighted by molar-refractivity contribution is 7.90. The van der Waals surface area contributed by atoms with E-state index in [0.717, 1.165) is 5.56 Å². The van der Waals surface area contributed by atoms with Gasteiger partial charge in [-0.05, 0) is 78.4 Å². The van der Waals surface area contributed by atoms with Crippen molar-refractivity contribution in [2.24, 2.45) is 0 Å². The molecule has 0 saturated heterocycles. The summed E-state index contributed by atoms with van der Waals surface area (Å²) in [6.45, 7) is 1.84. The lowest BCUT2D eigenvalue weighted by Crippen LogP contribution is -2.28. The molecule has 3 aromatic carbocycles. The number of alkyl halides is 2. The Morgan fingerprint density at radius 3 is 2.47 bits per heavy atom.